The lowest BCUT2D eigenvalue weighted by Crippen LogP contribution is -2.00. The number of halogens is 2. The Morgan fingerprint density at radius 3 is 1.28 bits per heavy atom. The van der Waals surface area contributed by atoms with Gasteiger partial charge in [-0.15, -0.1) is 0 Å². The molecule has 0 atom stereocenters. The molecule has 0 aliphatic rings. The van der Waals surface area contributed by atoms with Crippen LogP contribution in [0, 0.1) is 13.8 Å². The molecule has 0 aliphatic heterocycles. The van der Waals surface area contributed by atoms with Gasteiger partial charge in [0, 0.05) is 23.8 Å². The molecule has 0 spiro atoms. The maximum atomic E-state index is 10.8. The van der Waals surface area contributed by atoms with Gasteiger partial charge in [-0.2, -0.15) is 0 Å². The SMILES string of the molecule is CB(O)O.COC(=O)c1ccc(Br)[nH]1.COC(=O)c1ccc(C)[nH]1.COC(=O)c1ccc[nH]1.Cc1ccc(C(=O)Cl)[nH]1.O=C(O)c1ccc[nH]1. The van der Waals surface area contributed by atoms with E-state index in [4.69, 9.17) is 26.8 Å². The molecule has 16 nitrogen and oxygen atoms in total. The van der Waals surface area contributed by atoms with Crippen LogP contribution >= 0.6 is 27.5 Å². The highest BCUT2D eigenvalue weighted by Crippen LogP contribution is 2.09. The number of rotatable bonds is 5. The van der Waals surface area contributed by atoms with Gasteiger partial charge in [-0.25, -0.2) is 19.2 Å². The Morgan fingerprint density at radius 2 is 1.02 bits per heavy atom. The van der Waals surface area contributed by atoms with Gasteiger partial charge in [-0.3, -0.25) is 4.79 Å². The molecule has 5 rings (SSSR count). The predicted molar refractivity (Wildman–Crippen MR) is 188 cm³/mol. The summed E-state index contributed by atoms with van der Waals surface area (Å²) in [6, 6.07) is 16.9. The van der Waals surface area contributed by atoms with Crippen LogP contribution in [0.3, 0.4) is 0 Å². The molecule has 0 amide bonds. The van der Waals surface area contributed by atoms with Crippen LogP contribution in [0.4, 0.5) is 0 Å². The number of aromatic nitrogens is 5. The zero-order valence-corrected chi connectivity index (χ0v) is 30.2. The standard InChI is InChI=1S/C7H9NO2.C6H6BrNO2.C6H6ClNO.C6H7NO2.C5H5NO2.CH5BO2/c1-5-3-4-6(8-5)7(9)10-2;1-10-6(9)4-2-3-5(7)8-4;1-4-2-3-5(8-4)6(7)9;1-9-6(8)5-3-2-4-7-5;7-5(8)4-2-1-3-6-4;1-2(3)4/h3-4,8H,1-2H3;2-3,8H,1H3;2-3,8H,1H3;2-4,7H,1H3;1-3,6H,(H,7,8);3-4H,1H3. The minimum Gasteiger partial charge on any atom is -0.477 e. The summed E-state index contributed by atoms with van der Waals surface area (Å²) in [5, 5.41) is 23.0. The second kappa shape index (κ2) is 24.8. The fourth-order valence-electron chi connectivity index (χ4n) is 2.98. The number of hydrogen-bond donors (Lipinski definition) is 8. The predicted octanol–water partition coefficient (Wildman–Crippen LogP) is 4.98. The second-order valence-electron chi connectivity index (χ2n) is 9.18. The maximum Gasteiger partial charge on any atom is 0.448 e. The van der Waals surface area contributed by atoms with E-state index in [9.17, 15) is 24.0 Å². The molecule has 0 radical (unpaired) electrons. The van der Waals surface area contributed by atoms with E-state index in [2.05, 4.69) is 55.1 Å². The van der Waals surface area contributed by atoms with E-state index in [1.165, 1.54) is 34.2 Å². The number of H-pyrrole nitrogens is 5. The molecule has 5 aromatic heterocycles. The number of aromatic amines is 5. The largest absolute Gasteiger partial charge is 0.477 e. The Morgan fingerprint density at radius 1 is 0.640 bits per heavy atom. The summed E-state index contributed by atoms with van der Waals surface area (Å²) in [5.74, 6) is -1.94. The average Bonchev–Trinajstić information content (AvgIpc) is 3.91. The first kappa shape index (κ1) is 44.7. The van der Waals surface area contributed by atoms with Crippen LogP contribution in [0.25, 0.3) is 0 Å². The number of aromatic carboxylic acids is 1. The first-order valence-corrected chi connectivity index (χ1v) is 15.2. The van der Waals surface area contributed by atoms with Gasteiger partial charge in [-0.05, 0) is 109 Å². The normalized spacial score (nSPS) is 9.08. The highest BCUT2D eigenvalue weighted by Gasteiger charge is 2.06. The first-order chi connectivity index (χ1) is 23.6. The van der Waals surface area contributed by atoms with Crippen LogP contribution in [0.2, 0.25) is 6.82 Å². The van der Waals surface area contributed by atoms with Crippen molar-refractivity contribution in [3.05, 3.63) is 118 Å². The molecule has 0 bridgehead atoms. The smallest absolute Gasteiger partial charge is 0.448 e. The Kier molecular flexibility index (Phi) is 22.2. The van der Waals surface area contributed by atoms with E-state index in [0.717, 1.165) is 16.0 Å². The molecule has 0 aromatic carbocycles. The Bertz CT molecular complexity index is 1660. The van der Waals surface area contributed by atoms with Crippen molar-refractivity contribution < 1.29 is 53.3 Å². The van der Waals surface area contributed by atoms with E-state index in [0.29, 0.717) is 22.8 Å². The average molecular weight is 783 g/mol. The lowest BCUT2D eigenvalue weighted by atomic mass is 9.99. The van der Waals surface area contributed by atoms with Crippen molar-refractivity contribution in [1.82, 2.24) is 24.9 Å². The monoisotopic (exact) mass is 781 g/mol. The highest BCUT2D eigenvalue weighted by molar-refractivity contribution is 9.10. The second-order valence-corrected chi connectivity index (χ2v) is 10.4. The Hall–Kier alpha value is -5.30. The van der Waals surface area contributed by atoms with Crippen molar-refractivity contribution in [1.29, 1.82) is 0 Å². The van der Waals surface area contributed by atoms with E-state index < -0.39 is 18.3 Å². The summed E-state index contributed by atoms with van der Waals surface area (Å²) in [7, 11) is 2.89. The van der Waals surface area contributed by atoms with Gasteiger partial charge in [0.25, 0.3) is 5.24 Å². The van der Waals surface area contributed by atoms with Gasteiger partial charge in [-0.1, -0.05) is 0 Å². The number of esters is 3. The zero-order chi connectivity index (χ0) is 38.2. The van der Waals surface area contributed by atoms with Crippen molar-refractivity contribution in [3.63, 3.8) is 0 Å². The number of carbonyl (C=O) groups excluding carboxylic acids is 4. The van der Waals surface area contributed by atoms with Gasteiger partial charge < -0.3 is 54.3 Å². The van der Waals surface area contributed by atoms with Crippen molar-refractivity contribution in [2.45, 2.75) is 20.7 Å². The number of carboxylic acids is 1. The molecular weight excluding hydrogens is 745 g/mol. The maximum absolute atomic E-state index is 10.8. The lowest BCUT2D eigenvalue weighted by molar-refractivity contribution is 0.0586. The van der Waals surface area contributed by atoms with Crippen molar-refractivity contribution >= 4 is 63.8 Å². The van der Waals surface area contributed by atoms with Crippen molar-refractivity contribution in [2.75, 3.05) is 21.3 Å². The molecular formula is C31H38BBrClN5O11. The van der Waals surface area contributed by atoms with E-state index in [-0.39, 0.29) is 23.6 Å². The third-order valence-electron chi connectivity index (χ3n) is 5.17. The minimum absolute atomic E-state index is 0.227. The Balaban J connectivity index is 0.000000585. The molecule has 0 unspecified atom stereocenters. The lowest BCUT2D eigenvalue weighted by Gasteiger charge is -1.92. The van der Waals surface area contributed by atoms with Crippen molar-refractivity contribution in [2.24, 2.45) is 0 Å². The molecule has 0 saturated carbocycles. The van der Waals surface area contributed by atoms with Crippen LogP contribution < -0.4 is 0 Å². The van der Waals surface area contributed by atoms with E-state index in [1.54, 1.807) is 60.9 Å². The zero-order valence-electron chi connectivity index (χ0n) is 27.9. The quantitative estimate of drug-likeness (QED) is 0.0511. The summed E-state index contributed by atoms with van der Waals surface area (Å²) >= 11 is 8.31. The molecule has 19 heteroatoms. The van der Waals surface area contributed by atoms with Crippen LogP contribution in [-0.4, -0.2) is 97.6 Å². The van der Waals surface area contributed by atoms with Crippen LogP contribution in [0.5, 0.6) is 0 Å². The summed E-state index contributed by atoms with van der Waals surface area (Å²) in [6.07, 6.45) is 3.25. The summed E-state index contributed by atoms with van der Waals surface area (Å²) < 4.78 is 14.1. The number of carbonyl (C=O) groups is 5. The van der Waals surface area contributed by atoms with Crippen molar-refractivity contribution in [3.8, 4) is 0 Å². The Labute approximate surface area is 300 Å². The fourth-order valence-corrected chi connectivity index (χ4v) is 3.44. The number of nitrogens with one attached hydrogen (secondary N) is 5. The molecule has 0 fully saturated rings. The van der Waals surface area contributed by atoms with Crippen LogP contribution in [-0.2, 0) is 14.2 Å². The van der Waals surface area contributed by atoms with Crippen LogP contribution in [0.1, 0.15) is 63.8 Å². The third-order valence-corrected chi connectivity index (χ3v) is 5.83. The third kappa shape index (κ3) is 19.5. The molecule has 5 heterocycles. The van der Waals surface area contributed by atoms with Gasteiger partial charge in [0.2, 0.25) is 0 Å². The number of methoxy groups -OCH3 is 3. The van der Waals surface area contributed by atoms with Gasteiger partial charge in [0.1, 0.15) is 22.8 Å². The molecule has 50 heavy (non-hydrogen) atoms. The van der Waals surface area contributed by atoms with Gasteiger partial charge in [0.15, 0.2) is 0 Å². The van der Waals surface area contributed by atoms with E-state index >= 15 is 0 Å². The number of ether oxygens (including phenoxy) is 3. The minimum atomic E-state index is -1.17. The van der Waals surface area contributed by atoms with Crippen LogP contribution in [0.15, 0.2) is 77.7 Å². The summed E-state index contributed by atoms with van der Waals surface area (Å²) in [5.41, 5.74) is 4.02. The molecule has 0 aliphatic carbocycles. The summed E-state index contributed by atoms with van der Waals surface area (Å²) in [6.45, 7) is 5.02. The summed E-state index contributed by atoms with van der Waals surface area (Å²) in [4.78, 5) is 66.2. The van der Waals surface area contributed by atoms with E-state index in [1.807, 2.05) is 19.9 Å². The van der Waals surface area contributed by atoms with Gasteiger partial charge >= 0.3 is 31.0 Å². The first-order valence-electron chi connectivity index (χ1n) is 14.0. The number of hydrogen-bond acceptors (Lipinski definition) is 10. The fraction of sp³-hybridized carbons (Fsp3) is 0.194. The molecule has 270 valence electrons. The molecule has 8 N–H and O–H groups in total. The number of aryl methyl sites for hydroxylation is 2. The molecule has 0 saturated heterocycles. The topological polar surface area (TPSA) is 253 Å². The highest BCUT2D eigenvalue weighted by atomic mass is 79.9. The molecule has 5 aromatic rings. The number of carboxylic acid groups (broad SMARTS) is 1. The van der Waals surface area contributed by atoms with Gasteiger partial charge in [0.05, 0.1) is 31.6 Å².